The molecule has 1 saturated carbocycles. The Labute approximate surface area is 148 Å². The molecule has 2 aliphatic heterocycles. The number of nitrogens with zero attached hydrogens (tertiary/aromatic N) is 4. The second-order valence-corrected chi connectivity index (χ2v) is 7.31. The van der Waals surface area contributed by atoms with Crippen LogP contribution in [-0.4, -0.2) is 62.9 Å². The Morgan fingerprint density at radius 1 is 1.23 bits per heavy atom. The van der Waals surface area contributed by atoms with Crippen molar-refractivity contribution in [2.24, 2.45) is 0 Å². The number of hydrogen-bond acceptors (Lipinski definition) is 3. The number of rotatable bonds is 3. The first-order chi connectivity index (χ1) is 12.2. The topological polar surface area (TPSA) is 70.5 Å². The summed E-state index contributed by atoms with van der Waals surface area (Å²) in [6.45, 7) is 1.30. The normalized spacial score (nSPS) is 25.1. The minimum atomic E-state index is -4.36. The van der Waals surface area contributed by atoms with Gasteiger partial charge in [-0.3, -0.25) is 9.48 Å². The van der Waals surface area contributed by atoms with Gasteiger partial charge < -0.3 is 15.1 Å². The Morgan fingerprint density at radius 3 is 2.42 bits per heavy atom. The van der Waals surface area contributed by atoms with Crippen molar-refractivity contribution in [2.75, 3.05) is 18.4 Å². The van der Waals surface area contributed by atoms with Gasteiger partial charge in [0.1, 0.15) is 6.54 Å². The van der Waals surface area contributed by atoms with Gasteiger partial charge >= 0.3 is 12.2 Å². The number of fused-ring (bicyclic) bond motifs is 2. The van der Waals surface area contributed by atoms with Crippen LogP contribution in [-0.2, 0) is 11.3 Å². The number of carbonyl (C=O) groups excluding carboxylic acids is 2. The van der Waals surface area contributed by atoms with E-state index in [1.807, 2.05) is 0 Å². The molecule has 1 aliphatic carbocycles. The van der Waals surface area contributed by atoms with Crippen molar-refractivity contribution in [3.05, 3.63) is 11.9 Å². The number of piperazine rings is 1. The van der Waals surface area contributed by atoms with Crippen LogP contribution in [0.4, 0.5) is 23.7 Å². The van der Waals surface area contributed by atoms with Gasteiger partial charge in [-0.1, -0.05) is 0 Å². The zero-order chi connectivity index (χ0) is 18.6. The van der Waals surface area contributed by atoms with Crippen LogP contribution in [0.25, 0.3) is 0 Å². The van der Waals surface area contributed by atoms with Crippen LogP contribution < -0.4 is 5.32 Å². The predicted molar refractivity (Wildman–Crippen MR) is 85.6 cm³/mol. The number of anilines is 1. The van der Waals surface area contributed by atoms with Gasteiger partial charge in [-0.2, -0.15) is 18.3 Å². The van der Waals surface area contributed by atoms with Gasteiger partial charge in [0.2, 0.25) is 5.91 Å². The third-order valence-corrected chi connectivity index (χ3v) is 5.24. The summed E-state index contributed by atoms with van der Waals surface area (Å²) >= 11 is 0. The molecule has 3 aliphatic rings. The summed E-state index contributed by atoms with van der Waals surface area (Å²) in [6, 6.07) is -0.355. The lowest BCUT2D eigenvalue weighted by Gasteiger charge is -2.33. The van der Waals surface area contributed by atoms with E-state index in [2.05, 4.69) is 10.4 Å². The van der Waals surface area contributed by atoms with E-state index >= 15 is 0 Å². The lowest BCUT2D eigenvalue weighted by atomic mass is 10.2. The first-order valence-electron chi connectivity index (χ1n) is 8.70. The Hall–Kier alpha value is -2.26. The fraction of sp³-hybridized carbons (Fsp3) is 0.688. The average molecular weight is 371 g/mol. The number of aromatic nitrogens is 2. The molecular weight excluding hydrogens is 351 g/mol. The SMILES string of the molecule is CC(=O)N1C[C@@H]2C[C@H]1CN2C(=O)Nc1cn(CC(F)(F)F)nc1C1CC1. The highest BCUT2D eigenvalue weighted by Crippen LogP contribution is 2.43. The number of nitrogens with one attached hydrogen (secondary N) is 1. The van der Waals surface area contributed by atoms with E-state index < -0.39 is 12.7 Å². The van der Waals surface area contributed by atoms with E-state index in [-0.39, 0.29) is 29.9 Å². The van der Waals surface area contributed by atoms with Crippen molar-refractivity contribution in [2.45, 2.75) is 56.9 Å². The number of halogens is 3. The van der Waals surface area contributed by atoms with E-state index in [4.69, 9.17) is 0 Å². The van der Waals surface area contributed by atoms with Gasteiger partial charge in [-0.15, -0.1) is 0 Å². The molecule has 0 unspecified atom stereocenters. The van der Waals surface area contributed by atoms with E-state index in [0.29, 0.717) is 24.5 Å². The quantitative estimate of drug-likeness (QED) is 0.885. The van der Waals surface area contributed by atoms with Crippen LogP contribution in [0.5, 0.6) is 0 Å². The fourth-order valence-corrected chi connectivity index (χ4v) is 3.94. The molecular formula is C16H20F3N5O2. The molecule has 1 aromatic heterocycles. The zero-order valence-electron chi connectivity index (χ0n) is 14.3. The lowest BCUT2D eigenvalue weighted by Crippen LogP contribution is -2.51. The minimum absolute atomic E-state index is 0.00186. The van der Waals surface area contributed by atoms with Gasteiger partial charge in [0.25, 0.3) is 0 Å². The lowest BCUT2D eigenvalue weighted by molar-refractivity contribution is -0.142. The van der Waals surface area contributed by atoms with Crippen molar-refractivity contribution < 1.29 is 22.8 Å². The molecule has 1 aromatic rings. The van der Waals surface area contributed by atoms with Crippen molar-refractivity contribution in [1.29, 1.82) is 0 Å². The zero-order valence-corrected chi connectivity index (χ0v) is 14.3. The number of alkyl halides is 3. The van der Waals surface area contributed by atoms with Gasteiger partial charge in [0, 0.05) is 32.1 Å². The smallest absolute Gasteiger partial charge is 0.336 e. The molecule has 10 heteroatoms. The summed E-state index contributed by atoms with van der Waals surface area (Å²) in [4.78, 5) is 27.6. The third-order valence-electron chi connectivity index (χ3n) is 5.24. The number of hydrogen-bond donors (Lipinski definition) is 1. The summed E-state index contributed by atoms with van der Waals surface area (Å²) in [5, 5.41) is 6.77. The Morgan fingerprint density at radius 2 is 1.88 bits per heavy atom. The third kappa shape index (κ3) is 3.24. The summed E-state index contributed by atoms with van der Waals surface area (Å²) in [5.74, 6) is 0.116. The first kappa shape index (κ1) is 17.2. The van der Waals surface area contributed by atoms with Crippen molar-refractivity contribution in [3.8, 4) is 0 Å². The maximum Gasteiger partial charge on any atom is 0.408 e. The summed E-state index contributed by atoms with van der Waals surface area (Å²) in [5.41, 5.74) is 0.880. The second-order valence-electron chi connectivity index (χ2n) is 7.31. The summed E-state index contributed by atoms with van der Waals surface area (Å²) in [6.07, 6.45) is -0.620. The molecule has 2 bridgehead atoms. The minimum Gasteiger partial charge on any atom is -0.336 e. The van der Waals surface area contributed by atoms with Gasteiger partial charge in [0.15, 0.2) is 0 Å². The van der Waals surface area contributed by atoms with Gasteiger partial charge in [-0.05, 0) is 19.3 Å². The molecule has 142 valence electrons. The Bertz CT molecular complexity index is 743. The van der Waals surface area contributed by atoms with E-state index in [9.17, 15) is 22.8 Å². The largest absolute Gasteiger partial charge is 0.408 e. The molecule has 0 spiro atoms. The predicted octanol–water partition coefficient (Wildman–Crippen LogP) is 2.16. The molecule has 2 atom stereocenters. The molecule has 3 fully saturated rings. The highest BCUT2D eigenvalue weighted by molar-refractivity contribution is 5.91. The highest BCUT2D eigenvalue weighted by Gasteiger charge is 2.46. The molecule has 7 nitrogen and oxygen atoms in total. The highest BCUT2D eigenvalue weighted by atomic mass is 19.4. The Kier molecular flexibility index (Phi) is 3.89. The van der Waals surface area contributed by atoms with Crippen LogP contribution in [0.1, 0.15) is 37.8 Å². The number of amides is 3. The van der Waals surface area contributed by atoms with Crippen LogP contribution in [0.15, 0.2) is 6.20 Å². The number of likely N-dealkylation sites (tertiary alicyclic amines) is 2. The monoisotopic (exact) mass is 371 g/mol. The maximum atomic E-state index is 12.6. The molecule has 3 heterocycles. The van der Waals surface area contributed by atoms with Crippen LogP contribution in [0, 0.1) is 0 Å². The van der Waals surface area contributed by atoms with Crippen molar-refractivity contribution in [1.82, 2.24) is 19.6 Å². The second kappa shape index (κ2) is 5.88. The van der Waals surface area contributed by atoms with E-state index in [1.165, 1.54) is 13.1 Å². The first-order valence-corrected chi connectivity index (χ1v) is 8.70. The van der Waals surface area contributed by atoms with E-state index in [1.54, 1.807) is 9.80 Å². The van der Waals surface area contributed by atoms with Crippen LogP contribution >= 0.6 is 0 Å². The summed E-state index contributed by atoms with van der Waals surface area (Å²) < 4.78 is 38.7. The fourth-order valence-electron chi connectivity index (χ4n) is 3.94. The molecule has 2 saturated heterocycles. The molecule has 0 aromatic carbocycles. The van der Waals surface area contributed by atoms with Gasteiger partial charge in [0.05, 0.1) is 23.5 Å². The average Bonchev–Trinajstić information content (AvgIpc) is 2.99. The molecule has 3 amide bonds. The maximum absolute atomic E-state index is 12.6. The van der Waals surface area contributed by atoms with Crippen LogP contribution in [0.2, 0.25) is 0 Å². The molecule has 26 heavy (non-hydrogen) atoms. The summed E-state index contributed by atoms with van der Waals surface area (Å²) in [7, 11) is 0. The van der Waals surface area contributed by atoms with Crippen molar-refractivity contribution >= 4 is 17.6 Å². The number of urea groups is 1. The molecule has 4 rings (SSSR count). The Balaban J connectivity index is 1.46. The van der Waals surface area contributed by atoms with Crippen molar-refractivity contribution in [3.63, 3.8) is 0 Å². The molecule has 1 N–H and O–H groups in total. The standard InChI is InChI=1S/C16H20F3N5O2/c1-9(25)23-5-12-4-11(23)6-24(12)15(26)20-13-7-22(8-16(17,18)19)21-14(13)10-2-3-10/h7,10-12H,2-6,8H2,1H3,(H,20,26)/t11-,12-/m0/s1. The van der Waals surface area contributed by atoms with Gasteiger partial charge in [-0.25, -0.2) is 4.79 Å². The molecule has 0 radical (unpaired) electrons. The van der Waals surface area contributed by atoms with Crippen LogP contribution in [0.3, 0.4) is 0 Å². The van der Waals surface area contributed by atoms with E-state index in [0.717, 1.165) is 23.9 Å². The number of carbonyl (C=O) groups is 2.